The molecule has 3 nitrogen and oxygen atoms in total. The Bertz CT molecular complexity index is 1170. The van der Waals surface area contributed by atoms with Crippen molar-refractivity contribution < 1.29 is 9.84 Å². The van der Waals surface area contributed by atoms with Crippen molar-refractivity contribution in [2.24, 2.45) is 0 Å². The first kappa shape index (κ1) is 21.2. The number of benzene rings is 4. The van der Waals surface area contributed by atoms with Crippen LogP contribution in [0.4, 0.5) is 0 Å². The summed E-state index contributed by atoms with van der Waals surface area (Å²) in [6, 6.07) is 33.5. The van der Waals surface area contributed by atoms with E-state index in [0.29, 0.717) is 12.3 Å². The molecule has 4 aromatic carbocycles. The highest BCUT2D eigenvalue weighted by Crippen LogP contribution is 2.25. The molecule has 0 heterocycles. The van der Waals surface area contributed by atoms with Crippen LogP contribution in [0.2, 0.25) is 0 Å². The molecule has 2 N–H and O–H groups in total. The third kappa shape index (κ3) is 6.25. The summed E-state index contributed by atoms with van der Waals surface area (Å²) in [4.78, 5) is 0. The van der Waals surface area contributed by atoms with Crippen LogP contribution in [0.1, 0.15) is 11.1 Å². The minimum Gasteiger partial charge on any atom is -0.508 e. The molecule has 4 rings (SSSR count). The summed E-state index contributed by atoms with van der Waals surface area (Å²) in [6.07, 6.45) is 0.909. The standard InChI is InChI=1S/C29H25NO2/c31-27-16-10-24(11-17-27)20-22-30-21-4-5-23-8-12-25(13-9-23)26-14-18-29(19-15-26)32-28-6-2-1-3-7-28/h1-3,6-19,30-31H,20-22H2. The van der Waals surface area contributed by atoms with Gasteiger partial charge in [0.1, 0.15) is 17.2 Å². The van der Waals surface area contributed by atoms with Crippen molar-refractivity contribution in [3.05, 3.63) is 114 Å². The average Bonchev–Trinajstić information content (AvgIpc) is 2.84. The van der Waals surface area contributed by atoms with Gasteiger partial charge in [-0.3, -0.25) is 0 Å². The Hall–Kier alpha value is -4.00. The normalized spacial score (nSPS) is 10.2. The van der Waals surface area contributed by atoms with Crippen LogP contribution in [0.15, 0.2) is 103 Å². The van der Waals surface area contributed by atoms with Gasteiger partial charge < -0.3 is 15.2 Å². The second-order valence-electron chi connectivity index (χ2n) is 7.41. The van der Waals surface area contributed by atoms with Crippen LogP contribution >= 0.6 is 0 Å². The Morgan fingerprint density at radius 1 is 0.688 bits per heavy atom. The molecule has 0 aliphatic rings. The topological polar surface area (TPSA) is 41.5 Å². The Labute approximate surface area is 189 Å². The van der Waals surface area contributed by atoms with E-state index in [1.807, 2.05) is 66.7 Å². The number of phenols is 1. The van der Waals surface area contributed by atoms with E-state index in [1.165, 1.54) is 5.56 Å². The number of phenolic OH excluding ortho intramolecular Hbond substituents is 1. The SMILES string of the molecule is Oc1ccc(CCNCC#Cc2ccc(-c3ccc(Oc4ccccc4)cc3)cc2)cc1. The monoisotopic (exact) mass is 419 g/mol. The van der Waals surface area contributed by atoms with Gasteiger partial charge in [-0.15, -0.1) is 0 Å². The molecule has 0 aliphatic carbocycles. The lowest BCUT2D eigenvalue weighted by atomic mass is 10.0. The van der Waals surface area contributed by atoms with E-state index in [1.54, 1.807) is 12.1 Å². The van der Waals surface area contributed by atoms with Crippen LogP contribution in [-0.2, 0) is 6.42 Å². The smallest absolute Gasteiger partial charge is 0.127 e. The number of rotatable bonds is 7. The van der Waals surface area contributed by atoms with Crippen molar-refractivity contribution in [2.45, 2.75) is 6.42 Å². The van der Waals surface area contributed by atoms with Crippen LogP contribution < -0.4 is 10.1 Å². The average molecular weight is 420 g/mol. The summed E-state index contributed by atoms with van der Waals surface area (Å²) >= 11 is 0. The van der Waals surface area contributed by atoms with Gasteiger partial charge in [-0.1, -0.05) is 66.4 Å². The van der Waals surface area contributed by atoms with Gasteiger partial charge in [0, 0.05) is 12.1 Å². The Balaban J connectivity index is 1.25. The van der Waals surface area contributed by atoms with Gasteiger partial charge in [0.2, 0.25) is 0 Å². The van der Waals surface area contributed by atoms with Crippen molar-refractivity contribution >= 4 is 0 Å². The summed E-state index contributed by atoms with van der Waals surface area (Å²) < 4.78 is 5.86. The van der Waals surface area contributed by atoms with Gasteiger partial charge in [-0.05, 0) is 71.6 Å². The summed E-state index contributed by atoms with van der Waals surface area (Å²) in [6.45, 7) is 1.49. The molecule has 0 aromatic heterocycles. The third-order valence-electron chi connectivity index (χ3n) is 5.02. The van der Waals surface area contributed by atoms with Crippen LogP contribution in [0, 0.1) is 11.8 Å². The largest absolute Gasteiger partial charge is 0.508 e. The molecule has 0 unspecified atom stereocenters. The van der Waals surface area contributed by atoms with Crippen molar-refractivity contribution in [2.75, 3.05) is 13.1 Å². The van der Waals surface area contributed by atoms with Gasteiger partial charge in [-0.25, -0.2) is 0 Å². The van der Waals surface area contributed by atoms with Crippen molar-refractivity contribution in [3.8, 4) is 40.2 Å². The molecule has 158 valence electrons. The number of nitrogens with one attached hydrogen (secondary N) is 1. The Morgan fingerprint density at radius 3 is 2.00 bits per heavy atom. The lowest BCUT2D eigenvalue weighted by molar-refractivity contribution is 0.475. The summed E-state index contributed by atoms with van der Waals surface area (Å²) in [5.74, 6) is 8.32. The van der Waals surface area contributed by atoms with Crippen LogP contribution in [-0.4, -0.2) is 18.2 Å². The van der Waals surface area contributed by atoms with Gasteiger partial charge in [0.25, 0.3) is 0 Å². The van der Waals surface area contributed by atoms with E-state index in [2.05, 4.69) is 41.4 Å². The number of para-hydroxylation sites is 1. The highest BCUT2D eigenvalue weighted by atomic mass is 16.5. The Kier molecular flexibility index (Phi) is 7.21. The van der Waals surface area contributed by atoms with E-state index < -0.39 is 0 Å². The van der Waals surface area contributed by atoms with Crippen molar-refractivity contribution in [1.29, 1.82) is 0 Å². The van der Waals surface area contributed by atoms with Gasteiger partial charge in [0.05, 0.1) is 6.54 Å². The molecule has 0 bridgehead atoms. The third-order valence-corrected chi connectivity index (χ3v) is 5.02. The minimum absolute atomic E-state index is 0.299. The quantitative estimate of drug-likeness (QED) is 0.284. The van der Waals surface area contributed by atoms with E-state index in [9.17, 15) is 5.11 Å². The molecular formula is C29H25NO2. The highest BCUT2D eigenvalue weighted by molar-refractivity contribution is 5.65. The van der Waals surface area contributed by atoms with Crippen molar-refractivity contribution in [1.82, 2.24) is 5.32 Å². The van der Waals surface area contributed by atoms with Crippen molar-refractivity contribution in [3.63, 3.8) is 0 Å². The molecule has 0 spiro atoms. The second-order valence-corrected chi connectivity index (χ2v) is 7.41. The molecule has 0 aliphatic heterocycles. The van der Waals surface area contributed by atoms with Crippen LogP contribution in [0.25, 0.3) is 11.1 Å². The van der Waals surface area contributed by atoms with E-state index in [-0.39, 0.29) is 0 Å². The van der Waals surface area contributed by atoms with Crippen LogP contribution in [0.5, 0.6) is 17.2 Å². The molecule has 0 radical (unpaired) electrons. The van der Waals surface area contributed by atoms with E-state index >= 15 is 0 Å². The fourth-order valence-corrected chi connectivity index (χ4v) is 3.28. The van der Waals surface area contributed by atoms with E-state index in [4.69, 9.17) is 4.74 Å². The molecule has 3 heteroatoms. The maximum atomic E-state index is 9.31. The first-order chi connectivity index (χ1) is 15.8. The summed E-state index contributed by atoms with van der Waals surface area (Å²) in [5.41, 5.74) is 4.48. The Morgan fingerprint density at radius 2 is 1.31 bits per heavy atom. The molecule has 0 saturated heterocycles. The first-order valence-electron chi connectivity index (χ1n) is 10.7. The summed E-state index contributed by atoms with van der Waals surface area (Å²) in [7, 11) is 0. The van der Waals surface area contributed by atoms with Gasteiger partial charge >= 0.3 is 0 Å². The van der Waals surface area contributed by atoms with Gasteiger partial charge in [0.15, 0.2) is 0 Å². The van der Waals surface area contributed by atoms with Crippen LogP contribution in [0.3, 0.4) is 0 Å². The minimum atomic E-state index is 0.299. The summed E-state index contributed by atoms with van der Waals surface area (Å²) in [5, 5.41) is 12.6. The lowest BCUT2D eigenvalue weighted by Gasteiger charge is -2.07. The highest BCUT2D eigenvalue weighted by Gasteiger charge is 2.00. The second kappa shape index (κ2) is 10.9. The maximum Gasteiger partial charge on any atom is 0.127 e. The molecule has 32 heavy (non-hydrogen) atoms. The molecule has 0 amide bonds. The number of ether oxygens (including phenoxy) is 1. The zero-order valence-corrected chi connectivity index (χ0v) is 17.8. The predicted octanol–water partition coefficient (Wildman–Crippen LogP) is 6.04. The molecule has 0 saturated carbocycles. The number of hydrogen-bond donors (Lipinski definition) is 2. The number of hydrogen-bond acceptors (Lipinski definition) is 3. The fraction of sp³-hybridized carbons (Fsp3) is 0.103. The number of aromatic hydroxyl groups is 1. The first-order valence-corrected chi connectivity index (χ1v) is 10.7. The molecule has 0 fully saturated rings. The molecule has 4 aromatic rings. The van der Waals surface area contributed by atoms with Gasteiger partial charge in [-0.2, -0.15) is 0 Å². The maximum absolute atomic E-state index is 9.31. The van der Waals surface area contributed by atoms with E-state index in [0.717, 1.165) is 41.2 Å². The zero-order chi connectivity index (χ0) is 22.0. The molecular weight excluding hydrogens is 394 g/mol. The zero-order valence-electron chi connectivity index (χ0n) is 17.8. The lowest BCUT2D eigenvalue weighted by Crippen LogP contribution is -2.17. The predicted molar refractivity (Wildman–Crippen MR) is 130 cm³/mol. The fourth-order valence-electron chi connectivity index (χ4n) is 3.28. The molecule has 0 atom stereocenters.